The summed E-state index contributed by atoms with van der Waals surface area (Å²) >= 11 is 0. The number of allylic oxidation sites excluding steroid dienone is 1. The summed E-state index contributed by atoms with van der Waals surface area (Å²) in [4.78, 5) is 0. The minimum atomic E-state index is -1.96. The summed E-state index contributed by atoms with van der Waals surface area (Å²) in [6, 6.07) is 0. The Morgan fingerprint density at radius 3 is 2.26 bits per heavy atom. The van der Waals surface area contributed by atoms with Gasteiger partial charge in [0.25, 0.3) is 0 Å². The first kappa shape index (κ1) is 24.8. The van der Waals surface area contributed by atoms with Crippen LogP contribution in [-0.2, 0) is 13.9 Å². The molecular formula is C22H44O4Si. The lowest BCUT2D eigenvalue weighted by atomic mass is 9.96. The Balaban J connectivity index is 3.02. The molecule has 0 amide bonds. The molecule has 1 aliphatic rings. The third-order valence-corrected chi connectivity index (χ3v) is 10.4. The van der Waals surface area contributed by atoms with Crippen molar-refractivity contribution in [2.24, 2.45) is 0 Å². The van der Waals surface area contributed by atoms with E-state index in [1.165, 1.54) is 0 Å². The summed E-state index contributed by atoms with van der Waals surface area (Å²) in [7, 11) is -1.96. The Kier molecular flexibility index (Phi) is 9.21. The molecule has 1 N–H and O–H groups in total. The van der Waals surface area contributed by atoms with Crippen molar-refractivity contribution in [1.29, 1.82) is 0 Å². The van der Waals surface area contributed by atoms with E-state index in [0.29, 0.717) is 6.42 Å². The van der Waals surface area contributed by atoms with Gasteiger partial charge in [-0.2, -0.15) is 0 Å². The van der Waals surface area contributed by atoms with Crippen molar-refractivity contribution in [2.45, 2.75) is 128 Å². The molecule has 27 heavy (non-hydrogen) atoms. The summed E-state index contributed by atoms with van der Waals surface area (Å²) in [5.41, 5.74) is 0. The van der Waals surface area contributed by atoms with Crippen LogP contribution in [0.1, 0.15) is 80.1 Å². The quantitative estimate of drug-likeness (QED) is 0.270. The highest BCUT2D eigenvalue weighted by molar-refractivity contribution is 6.74. The van der Waals surface area contributed by atoms with Crippen LogP contribution in [0.2, 0.25) is 18.1 Å². The zero-order valence-corrected chi connectivity index (χ0v) is 20.0. The van der Waals surface area contributed by atoms with E-state index in [-0.39, 0.29) is 23.4 Å². The van der Waals surface area contributed by atoms with Crippen LogP contribution in [0.25, 0.3) is 0 Å². The Morgan fingerprint density at radius 1 is 1.15 bits per heavy atom. The molecule has 4 nitrogen and oxygen atoms in total. The SMILES string of the molecule is C=CCCC[C@@H](O)[C@H]1OC(C)(C)O[C@@H]1[C@H](CCCC)O[Si](C)(C)C(C)(C)C. The zero-order chi connectivity index (χ0) is 20.9. The zero-order valence-electron chi connectivity index (χ0n) is 19.0. The molecule has 0 aromatic rings. The van der Waals surface area contributed by atoms with E-state index in [1.54, 1.807) is 0 Å². The van der Waals surface area contributed by atoms with E-state index in [9.17, 15) is 5.11 Å². The van der Waals surface area contributed by atoms with Gasteiger partial charge >= 0.3 is 0 Å². The van der Waals surface area contributed by atoms with E-state index in [4.69, 9.17) is 13.9 Å². The molecule has 0 radical (unpaired) electrons. The highest BCUT2D eigenvalue weighted by Crippen LogP contribution is 2.41. The van der Waals surface area contributed by atoms with E-state index in [0.717, 1.165) is 32.1 Å². The van der Waals surface area contributed by atoms with Crippen molar-refractivity contribution in [3.63, 3.8) is 0 Å². The van der Waals surface area contributed by atoms with E-state index in [1.807, 2.05) is 19.9 Å². The molecule has 0 aromatic heterocycles. The van der Waals surface area contributed by atoms with Gasteiger partial charge in [-0.25, -0.2) is 0 Å². The molecule has 1 saturated heterocycles. The molecule has 0 aliphatic carbocycles. The molecule has 1 aliphatic heterocycles. The van der Waals surface area contributed by atoms with Gasteiger partial charge in [-0.3, -0.25) is 0 Å². The van der Waals surface area contributed by atoms with Gasteiger partial charge in [0.1, 0.15) is 12.2 Å². The van der Waals surface area contributed by atoms with Gasteiger partial charge in [-0.05, 0) is 57.7 Å². The fourth-order valence-electron chi connectivity index (χ4n) is 3.29. The summed E-state index contributed by atoms with van der Waals surface area (Å²) in [6.07, 6.45) is 6.32. The topological polar surface area (TPSA) is 47.9 Å². The van der Waals surface area contributed by atoms with Crippen LogP contribution in [0.15, 0.2) is 12.7 Å². The number of rotatable bonds is 11. The first-order chi connectivity index (χ1) is 12.3. The molecule has 0 unspecified atom stereocenters. The predicted octanol–water partition coefficient (Wildman–Crippen LogP) is 5.80. The normalized spacial score (nSPS) is 25.4. The maximum Gasteiger partial charge on any atom is 0.192 e. The molecule has 0 spiro atoms. The van der Waals surface area contributed by atoms with Crippen LogP contribution in [0.4, 0.5) is 0 Å². The highest BCUT2D eigenvalue weighted by atomic mass is 28.4. The molecule has 0 bridgehead atoms. The summed E-state index contributed by atoms with van der Waals surface area (Å²) in [6.45, 7) is 21.2. The van der Waals surface area contributed by atoms with Gasteiger partial charge in [-0.1, -0.05) is 46.6 Å². The lowest BCUT2D eigenvalue weighted by molar-refractivity contribution is -0.160. The van der Waals surface area contributed by atoms with Gasteiger partial charge in [0.2, 0.25) is 0 Å². The average Bonchev–Trinajstić information content (AvgIpc) is 2.86. The van der Waals surface area contributed by atoms with Crippen LogP contribution in [0.3, 0.4) is 0 Å². The highest BCUT2D eigenvalue weighted by Gasteiger charge is 2.50. The molecular weight excluding hydrogens is 356 g/mol. The van der Waals surface area contributed by atoms with Gasteiger partial charge in [-0.15, -0.1) is 6.58 Å². The molecule has 0 aromatic carbocycles. The van der Waals surface area contributed by atoms with Gasteiger partial charge < -0.3 is 19.0 Å². The van der Waals surface area contributed by atoms with Crippen molar-refractivity contribution in [3.8, 4) is 0 Å². The second-order valence-electron chi connectivity index (χ2n) is 9.91. The maximum atomic E-state index is 10.8. The van der Waals surface area contributed by atoms with Crippen LogP contribution in [-0.4, -0.2) is 43.6 Å². The fraction of sp³-hybridized carbons (Fsp3) is 0.909. The molecule has 1 rings (SSSR count). The number of ether oxygens (including phenoxy) is 2. The van der Waals surface area contributed by atoms with Gasteiger partial charge in [0.15, 0.2) is 14.1 Å². The average molecular weight is 401 g/mol. The van der Waals surface area contributed by atoms with Crippen molar-refractivity contribution >= 4 is 8.32 Å². The third-order valence-electron chi connectivity index (χ3n) is 5.91. The first-order valence-corrected chi connectivity index (χ1v) is 13.6. The second kappa shape index (κ2) is 10.0. The standard InChI is InChI=1S/C22H44O4Si/c1-10-12-14-15-17(23)19-20(25-22(6,7)24-19)18(16-13-11-2)26-27(8,9)21(3,4)5/h10,17-20,23H,1,11-16H2,2-9H3/t17-,18+,19-,20-/m1/s1. The van der Waals surface area contributed by atoms with E-state index in [2.05, 4.69) is 47.4 Å². The van der Waals surface area contributed by atoms with Gasteiger partial charge in [0.05, 0.1) is 12.2 Å². The number of aliphatic hydroxyl groups excluding tert-OH is 1. The van der Waals surface area contributed by atoms with Crippen LogP contribution in [0, 0.1) is 0 Å². The minimum Gasteiger partial charge on any atom is -0.411 e. The van der Waals surface area contributed by atoms with Crippen molar-refractivity contribution in [1.82, 2.24) is 0 Å². The summed E-state index contributed by atoms with van der Waals surface area (Å²) < 4.78 is 19.2. The Hall–Kier alpha value is -0.203. The van der Waals surface area contributed by atoms with Crippen molar-refractivity contribution in [3.05, 3.63) is 12.7 Å². The monoisotopic (exact) mass is 400 g/mol. The molecule has 4 atom stereocenters. The second-order valence-corrected chi connectivity index (χ2v) is 14.7. The number of aliphatic hydroxyl groups is 1. The van der Waals surface area contributed by atoms with Gasteiger partial charge in [0, 0.05) is 0 Å². The molecule has 1 heterocycles. The number of hydrogen-bond donors (Lipinski definition) is 1. The molecule has 160 valence electrons. The van der Waals surface area contributed by atoms with Crippen molar-refractivity contribution < 1.29 is 19.0 Å². The van der Waals surface area contributed by atoms with Crippen LogP contribution >= 0.6 is 0 Å². The Bertz CT molecular complexity index is 456. The molecule has 1 fully saturated rings. The third kappa shape index (κ3) is 7.28. The fourth-order valence-corrected chi connectivity index (χ4v) is 4.65. The van der Waals surface area contributed by atoms with E-state index < -0.39 is 20.2 Å². The van der Waals surface area contributed by atoms with Crippen LogP contribution in [0.5, 0.6) is 0 Å². The Morgan fingerprint density at radius 2 is 1.74 bits per heavy atom. The maximum absolute atomic E-state index is 10.8. The molecule has 0 saturated carbocycles. The van der Waals surface area contributed by atoms with Crippen molar-refractivity contribution in [2.75, 3.05) is 0 Å². The number of hydrogen-bond acceptors (Lipinski definition) is 4. The minimum absolute atomic E-state index is 0.0494. The first-order valence-electron chi connectivity index (χ1n) is 10.7. The lowest BCUT2D eigenvalue weighted by Gasteiger charge is -2.41. The smallest absolute Gasteiger partial charge is 0.192 e. The predicted molar refractivity (Wildman–Crippen MR) is 115 cm³/mol. The largest absolute Gasteiger partial charge is 0.411 e. The van der Waals surface area contributed by atoms with Crippen LogP contribution < -0.4 is 0 Å². The Labute approximate surface area is 168 Å². The van der Waals surface area contributed by atoms with E-state index >= 15 is 0 Å². The molecule has 5 heteroatoms. The lowest BCUT2D eigenvalue weighted by Crippen LogP contribution is -2.51. The summed E-state index contributed by atoms with van der Waals surface area (Å²) in [5, 5.41) is 11.0. The number of unbranched alkanes of at least 4 members (excludes halogenated alkanes) is 2. The summed E-state index contributed by atoms with van der Waals surface area (Å²) in [5.74, 6) is -0.698.